The van der Waals surface area contributed by atoms with Crippen molar-refractivity contribution in [3.63, 3.8) is 0 Å². The van der Waals surface area contributed by atoms with Gasteiger partial charge in [0, 0.05) is 37.7 Å². The first-order valence-corrected chi connectivity index (χ1v) is 11.3. The standard InChI is InChI=1S/C22H28FN7S/c1-5-15(3)24-9-14(2)19-10-25-22-21(26-16(4)11-30(19)22)27-20-8-18(28-31-20)13-29-7-6-17(23)12-29/h8-11,17H,5-7,12-13H2,1-4H3,(H,26,27)/b14-9+,24-15?. The van der Waals surface area contributed by atoms with Gasteiger partial charge in [-0.25, -0.2) is 14.4 Å². The highest BCUT2D eigenvalue weighted by Crippen LogP contribution is 2.27. The lowest BCUT2D eigenvalue weighted by Gasteiger charge is -2.11. The number of rotatable bonds is 7. The summed E-state index contributed by atoms with van der Waals surface area (Å²) < 4.78 is 20.0. The van der Waals surface area contributed by atoms with E-state index in [0.29, 0.717) is 25.3 Å². The molecule has 164 valence electrons. The van der Waals surface area contributed by atoms with Crippen LogP contribution >= 0.6 is 11.5 Å². The van der Waals surface area contributed by atoms with Gasteiger partial charge in [0.25, 0.3) is 0 Å². The normalized spacial score (nSPS) is 18.3. The van der Waals surface area contributed by atoms with E-state index >= 15 is 0 Å². The van der Waals surface area contributed by atoms with Crippen molar-refractivity contribution >= 4 is 39.3 Å². The Kier molecular flexibility index (Phi) is 6.43. The second-order valence-corrected chi connectivity index (χ2v) is 8.83. The smallest absolute Gasteiger partial charge is 0.180 e. The summed E-state index contributed by atoms with van der Waals surface area (Å²) in [5.74, 6) is 0.687. The average Bonchev–Trinajstić information content (AvgIpc) is 3.46. The highest BCUT2D eigenvalue weighted by atomic mass is 32.1. The summed E-state index contributed by atoms with van der Waals surface area (Å²) in [5, 5.41) is 4.27. The first kappa shape index (κ1) is 21.6. The maximum Gasteiger partial charge on any atom is 0.180 e. The summed E-state index contributed by atoms with van der Waals surface area (Å²) in [4.78, 5) is 15.9. The van der Waals surface area contributed by atoms with Crippen molar-refractivity contribution in [1.29, 1.82) is 0 Å². The monoisotopic (exact) mass is 441 g/mol. The Morgan fingerprint density at radius 1 is 1.42 bits per heavy atom. The van der Waals surface area contributed by atoms with Crippen LogP contribution < -0.4 is 5.32 Å². The highest BCUT2D eigenvalue weighted by Gasteiger charge is 2.22. The van der Waals surface area contributed by atoms with Crippen molar-refractivity contribution in [2.24, 2.45) is 4.99 Å². The van der Waals surface area contributed by atoms with Gasteiger partial charge in [-0.3, -0.25) is 14.3 Å². The van der Waals surface area contributed by atoms with E-state index in [-0.39, 0.29) is 0 Å². The number of allylic oxidation sites excluding steroid dienone is 1. The fourth-order valence-electron chi connectivity index (χ4n) is 3.57. The molecule has 0 aliphatic carbocycles. The minimum absolute atomic E-state index is 0.492. The first-order valence-electron chi connectivity index (χ1n) is 10.6. The molecule has 9 heteroatoms. The molecule has 1 aliphatic rings. The molecular formula is C22H28FN7S. The maximum atomic E-state index is 13.4. The molecule has 1 fully saturated rings. The highest BCUT2D eigenvalue weighted by molar-refractivity contribution is 7.10. The van der Waals surface area contributed by atoms with Gasteiger partial charge in [-0.15, -0.1) is 0 Å². The number of nitrogens with zero attached hydrogens (tertiary/aromatic N) is 6. The Bertz CT molecular complexity index is 1130. The number of hydrogen-bond donors (Lipinski definition) is 1. The third kappa shape index (κ3) is 4.99. The Labute approximate surface area is 185 Å². The number of alkyl halides is 1. The van der Waals surface area contributed by atoms with Crippen molar-refractivity contribution in [1.82, 2.24) is 23.6 Å². The van der Waals surface area contributed by atoms with Crippen LogP contribution in [0.1, 0.15) is 50.7 Å². The molecule has 1 aliphatic heterocycles. The van der Waals surface area contributed by atoms with Crippen LogP contribution in [0.15, 0.2) is 29.7 Å². The van der Waals surface area contributed by atoms with Crippen molar-refractivity contribution in [2.75, 3.05) is 18.4 Å². The molecule has 0 bridgehead atoms. The van der Waals surface area contributed by atoms with E-state index in [1.165, 1.54) is 11.5 Å². The quantitative estimate of drug-likeness (QED) is 0.522. The number of fused-ring (bicyclic) bond motifs is 1. The second-order valence-electron chi connectivity index (χ2n) is 8.03. The van der Waals surface area contributed by atoms with E-state index in [2.05, 4.69) is 36.5 Å². The van der Waals surface area contributed by atoms with Gasteiger partial charge in [-0.2, -0.15) is 4.37 Å². The summed E-state index contributed by atoms with van der Waals surface area (Å²) in [6, 6.07) is 2.01. The van der Waals surface area contributed by atoms with Gasteiger partial charge in [-0.1, -0.05) is 6.92 Å². The summed E-state index contributed by atoms with van der Waals surface area (Å²) in [5.41, 5.74) is 5.68. The summed E-state index contributed by atoms with van der Waals surface area (Å²) in [7, 11) is 0. The van der Waals surface area contributed by atoms with Crippen LogP contribution in [-0.2, 0) is 6.54 Å². The van der Waals surface area contributed by atoms with Crippen molar-refractivity contribution in [3.05, 3.63) is 41.7 Å². The maximum absolute atomic E-state index is 13.4. The molecule has 1 saturated heterocycles. The minimum Gasteiger partial charge on any atom is -0.328 e. The zero-order valence-corrected chi connectivity index (χ0v) is 19.2. The van der Waals surface area contributed by atoms with Crippen LogP contribution in [0.4, 0.5) is 15.2 Å². The van der Waals surface area contributed by atoms with Crippen LogP contribution in [0.5, 0.6) is 0 Å². The molecule has 7 nitrogen and oxygen atoms in total. The fourth-order valence-corrected chi connectivity index (χ4v) is 4.23. The second kappa shape index (κ2) is 9.23. The third-order valence-electron chi connectivity index (χ3n) is 5.41. The molecule has 0 radical (unpaired) electrons. The molecule has 0 aromatic carbocycles. The SMILES string of the molecule is CCC(C)=N/C=C(\C)c1cnc2c(Nc3cc(CN4CCC(F)C4)ns3)nc(C)cn12. The zero-order valence-electron chi connectivity index (χ0n) is 18.4. The number of nitrogens with one attached hydrogen (secondary N) is 1. The lowest BCUT2D eigenvalue weighted by Crippen LogP contribution is -2.20. The minimum atomic E-state index is -0.718. The van der Waals surface area contributed by atoms with Crippen LogP contribution in [-0.4, -0.2) is 48.6 Å². The summed E-state index contributed by atoms with van der Waals surface area (Å²) >= 11 is 1.38. The van der Waals surface area contributed by atoms with E-state index in [1.54, 1.807) is 0 Å². The van der Waals surface area contributed by atoms with Crippen molar-refractivity contribution < 1.29 is 4.39 Å². The van der Waals surface area contributed by atoms with Gasteiger partial charge in [0.1, 0.15) is 11.2 Å². The molecule has 0 saturated carbocycles. The number of aryl methyl sites for hydroxylation is 1. The third-order valence-corrected chi connectivity index (χ3v) is 6.15. The van der Waals surface area contributed by atoms with E-state index in [4.69, 9.17) is 0 Å². The van der Waals surface area contributed by atoms with Crippen LogP contribution in [0.3, 0.4) is 0 Å². The largest absolute Gasteiger partial charge is 0.328 e. The van der Waals surface area contributed by atoms with E-state index in [1.807, 2.05) is 49.8 Å². The molecule has 3 aromatic heterocycles. The number of aromatic nitrogens is 4. The van der Waals surface area contributed by atoms with Gasteiger partial charge < -0.3 is 5.32 Å². The Hall–Kier alpha value is -2.65. The van der Waals surface area contributed by atoms with Crippen molar-refractivity contribution in [3.8, 4) is 0 Å². The number of imidazole rings is 1. The average molecular weight is 442 g/mol. The molecular weight excluding hydrogens is 413 g/mol. The van der Waals surface area contributed by atoms with Gasteiger partial charge in [0.05, 0.1) is 23.3 Å². The van der Waals surface area contributed by atoms with Crippen LogP contribution in [0.2, 0.25) is 0 Å². The van der Waals surface area contributed by atoms with Gasteiger partial charge in [0.2, 0.25) is 0 Å². The first-order chi connectivity index (χ1) is 14.9. The summed E-state index contributed by atoms with van der Waals surface area (Å²) in [6.45, 7) is 10.1. The summed E-state index contributed by atoms with van der Waals surface area (Å²) in [6.07, 6.45) is 6.54. The lowest BCUT2D eigenvalue weighted by atomic mass is 10.2. The van der Waals surface area contributed by atoms with E-state index < -0.39 is 6.17 Å². The number of halogens is 1. The Morgan fingerprint density at radius 3 is 3.00 bits per heavy atom. The van der Waals surface area contributed by atoms with Gasteiger partial charge in [-0.05, 0) is 56.8 Å². The molecule has 0 spiro atoms. The van der Waals surface area contributed by atoms with Gasteiger partial charge >= 0.3 is 0 Å². The zero-order chi connectivity index (χ0) is 22.0. The Morgan fingerprint density at radius 2 is 2.26 bits per heavy atom. The molecule has 3 aromatic rings. The van der Waals surface area contributed by atoms with Gasteiger partial charge in [0.15, 0.2) is 11.5 Å². The molecule has 1 atom stereocenters. The molecule has 4 heterocycles. The lowest BCUT2D eigenvalue weighted by molar-refractivity contribution is 0.281. The van der Waals surface area contributed by atoms with Crippen LogP contribution in [0.25, 0.3) is 11.2 Å². The fraction of sp³-hybridized carbons (Fsp3) is 0.455. The molecule has 31 heavy (non-hydrogen) atoms. The predicted molar refractivity (Wildman–Crippen MR) is 125 cm³/mol. The Balaban J connectivity index is 1.57. The number of hydrogen-bond acceptors (Lipinski definition) is 7. The molecule has 1 unspecified atom stereocenters. The van der Waals surface area contributed by atoms with E-state index in [9.17, 15) is 4.39 Å². The molecule has 1 N–H and O–H groups in total. The van der Waals surface area contributed by atoms with Crippen molar-refractivity contribution in [2.45, 2.75) is 53.3 Å². The topological polar surface area (TPSA) is 70.7 Å². The van der Waals surface area contributed by atoms with E-state index in [0.717, 1.165) is 52.0 Å². The molecule has 0 amide bonds. The van der Waals surface area contributed by atoms with Crippen LogP contribution in [0, 0.1) is 6.92 Å². The number of aliphatic imine (C=N–C) groups is 1. The molecule has 4 rings (SSSR count). The predicted octanol–water partition coefficient (Wildman–Crippen LogP) is 5.01. The number of anilines is 2. The number of likely N-dealkylation sites (tertiary alicyclic amines) is 1.